The number of nitrogens with one attached hydrogen (secondary N) is 1. The molecule has 3 aromatic carbocycles. The molecule has 1 unspecified atom stereocenters. The molecule has 4 aromatic rings. The Morgan fingerprint density at radius 2 is 1.71 bits per heavy atom. The smallest absolute Gasteiger partial charge is 0.156 e. The van der Waals surface area contributed by atoms with Gasteiger partial charge in [-0.2, -0.15) is 0 Å². The second-order valence-electron chi connectivity index (χ2n) is 8.71. The van der Waals surface area contributed by atoms with Crippen molar-refractivity contribution in [3.8, 4) is 17.0 Å². The monoisotopic (exact) mass is 469 g/mol. The maximum absolute atomic E-state index is 6.65. The quantitative estimate of drug-likeness (QED) is 0.317. The predicted molar refractivity (Wildman–Crippen MR) is 141 cm³/mol. The van der Waals surface area contributed by atoms with Gasteiger partial charge in [0.25, 0.3) is 0 Å². The molecule has 0 aliphatic carbocycles. The van der Waals surface area contributed by atoms with Crippen LogP contribution < -0.4 is 10.1 Å². The van der Waals surface area contributed by atoms with E-state index in [1.165, 1.54) is 5.56 Å². The maximum Gasteiger partial charge on any atom is 0.156 e. The summed E-state index contributed by atoms with van der Waals surface area (Å²) in [7, 11) is 1.69. The molecule has 0 saturated heterocycles. The molecule has 0 radical (unpaired) electrons. The number of methoxy groups -OCH3 is 1. The Morgan fingerprint density at radius 3 is 2.41 bits per heavy atom. The van der Waals surface area contributed by atoms with Gasteiger partial charge in [-0.3, -0.25) is 4.99 Å². The Balaban J connectivity index is 1.70. The summed E-state index contributed by atoms with van der Waals surface area (Å²) < 4.78 is 6.02. The lowest BCUT2D eigenvalue weighted by Crippen LogP contribution is -2.43. The molecule has 0 spiro atoms. The van der Waals surface area contributed by atoms with Crippen molar-refractivity contribution in [1.82, 2.24) is 10.3 Å². The second-order valence-corrected chi connectivity index (χ2v) is 9.12. The summed E-state index contributed by atoms with van der Waals surface area (Å²) in [6.07, 6.45) is 3.24. The van der Waals surface area contributed by atoms with Crippen LogP contribution in [-0.2, 0) is 5.54 Å². The zero-order valence-corrected chi connectivity index (χ0v) is 20.3. The van der Waals surface area contributed by atoms with Crippen molar-refractivity contribution in [2.24, 2.45) is 4.99 Å². The van der Waals surface area contributed by atoms with Gasteiger partial charge in [-0.25, -0.2) is 4.98 Å². The molecule has 5 heteroatoms. The third-order valence-corrected chi connectivity index (χ3v) is 6.86. The minimum atomic E-state index is -0.251. The standard InChI is InChI=1S/C29H28ClN3O/c1-3-4-18-29(21-14-9-6-10-15-21)19-31-28(33-29)24-22-16-11-17-23(30)26(22)32-25(27(24)34-2)20-12-7-5-8-13-20/h5-17H,3-4,18-19H2,1-2H3,(H,31,33). The van der Waals surface area contributed by atoms with Crippen LogP contribution in [0, 0.1) is 0 Å². The first kappa shape index (κ1) is 22.4. The number of halogens is 1. The zero-order valence-electron chi connectivity index (χ0n) is 19.5. The third-order valence-electron chi connectivity index (χ3n) is 6.56. The fraction of sp³-hybridized carbons (Fsp3) is 0.241. The molecule has 5 rings (SSSR count). The molecule has 2 heterocycles. The zero-order chi connectivity index (χ0) is 23.5. The topological polar surface area (TPSA) is 46.5 Å². The van der Waals surface area contributed by atoms with Gasteiger partial charge in [0.15, 0.2) is 5.75 Å². The summed E-state index contributed by atoms with van der Waals surface area (Å²) in [6, 6.07) is 26.6. The highest BCUT2D eigenvalue weighted by Crippen LogP contribution is 2.41. The lowest BCUT2D eigenvalue weighted by molar-refractivity contribution is 0.382. The summed E-state index contributed by atoms with van der Waals surface area (Å²) in [5.41, 5.74) is 4.38. The van der Waals surface area contributed by atoms with Crippen LogP contribution >= 0.6 is 11.6 Å². The number of para-hydroxylation sites is 1. The number of hydrogen-bond acceptors (Lipinski definition) is 4. The first-order valence-corrected chi connectivity index (χ1v) is 12.1. The van der Waals surface area contributed by atoms with Crippen LogP contribution in [0.5, 0.6) is 5.75 Å². The van der Waals surface area contributed by atoms with Gasteiger partial charge < -0.3 is 10.1 Å². The van der Waals surface area contributed by atoms with Gasteiger partial charge in [0.05, 0.1) is 35.3 Å². The number of unbranched alkanes of at least 4 members (excludes halogenated alkanes) is 1. The number of nitrogens with zero attached hydrogens (tertiary/aromatic N) is 2. The Kier molecular flexibility index (Phi) is 6.25. The van der Waals surface area contributed by atoms with Gasteiger partial charge in [-0.1, -0.05) is 104 Å². The highest BCUT2D eigenvalue weighted by molar-refractivity contribution is 6.35. The van der Waals surface area contributed by atoms with Crippen LogP contribution in [0.3, 0.4) is 0 Å². The van der Waals surface area contributed by atoms with E-state index in [4.69, 9.17) is 26.3 Å². The van der Waals surface area contributed by atoms with Crippen molar-refractivity contribution < 1.29 is 4.74 Å². The number of benzene rings is 3. The van der Waals surface area contributed by atoms with Gasteiger partial charge in [-0.05, 0) is 18.1 Å². The average molecular weight is 470 g/mol. The molecule has 34 heavy (non-hydrogen) atoms. The molecule has 172 valence electrons. The molecular formula is C29H28ClN3O. The Labute approximate surface area is 205 Å². The molecule has 1 aromatic heterocycles. The van der Waals surface area contributed by atoms with Gasteiger partial charge in [0.1, 0.15) is 11.5 Å². The number of aromatic nitrogens is 1. The van der Waals surface area contributed by atoms with Crippen molar-refractivity contribution in [3.63, 3.8) is 0 Å². The SMILES string of the molecule is CCCCC1(c2ccccc2)CN=C(c2c(OC)c(-c3ccccc3)nc3c(Cl)cccc23)N1. The van der Waals surface area contributed by atoms with Crippen LogP contribution in [0.1, 0.15) is 37.3 Å². The molecule has 1 atom stereocenters. The molecule has 0 saturated carbocycles. The van der Waals surface area contributed by atoms with Crippen LogP contribution in [0.15, 0.2) is 83.9 Å². The van der Waals surface area contributed by atoms with Crippen molar-refractivity contribution >= 4 is 28.3 Å². The van der Waals surface area contributed by atoms with Gasteiger partial charge in [0, 0.05) is 10.9 Å². The maximum atomic E-state index is 6.65. The summed E-state index contributed by atoms with van der Waals surface area (Å²) in [6.45, 7) is 2.89. The molecule has 0 fully saturated rings. The Bertz CT molecular complexity index is 1340. The summed E-state index contributed by atoms with van der Waals surface area (Å²) in [4.78, 5) is 10.0. The first-order chi connectivity index (χ1) is 16.7. The molecular weight excluding hydrogens is 442 g/mol. The summed E-state index contributed by atoms with van der Waals surface area (Å²) in [5, 5.41) is 5.37. The van der Waals surface area contributed by atoms with Gasteiger partial charge >= 0.3 is 0 Å². The van der Waals surface area contributed by atoms with Crippen LogP contribution in [-0.4, -0.2) is 24.5 Å². The number of ether oxygens (including phenoxy) is 1. The Morgan fingerprint density at radius 1 is 0.971 bits per heavy atom. The van der Waals surface area contributed by atoms with E-state index in [-0.39, 0.29) is 5.54 Å². The highest BCUT2D eigenvalue weighted by Gasteiger charge is 2.38. The second kappa shape index (κ2) is 9.47. The average Bonchev–Trinajstić information content (AvgIpc) is 3.33. The van der Waals surface area contributed by atoms with E-state index in [0.717, 1.165) is 52.8 Å². The largest absolute Gasteiger partial charge is 0.494 e. The van der Waals surface area contributed by atoms with E-state index in [1.807, 2.05) is 48.5 Å². The van der Waals surface area contributed by atoms with Crippen molar-refractivity contribution in [1.29, 1.82) is 0 Å². The Hall–Kier alpha value is -3.37. The van der Waals surface area contributed by atoms with E-state index in [2.05, 4.69) is 42.6 Å². The number of hydrogen-bond donors (Lipinski definition) is 1. The third kappa shape index (κ3) is 3.92. The predicted octanol–water partition coefficient (Wildman–Crippen LogP) is 7.00. The van der Waals surface area contributed by atoms with Crippen LogP contribution in [0.25, 0.3) is 22.2 Å². The number of rotatable bonds is 7. The molecule has 0 amide bonds. The minimum absolute atomic E-state index is 0.251. The molecule has 0 bridgehead atoms. The number of aliphatic imine (C=N–C) groups is 1. The fourth-order valence-corrected chi connectivity index (χ4v) is 5.02. The van der Waals surface area contributed by atoms with E-state index in [9.17, 15) is 0 Å². The summed E-state index contributed by atoms with van der Waals surface area (Å²) in [5.74, 6) is 1.52. The fourth-order valence-electron chi connectivity index (χ4n) is 4.81. The normalized spacial score (nSPS) is 17.4. The summed E-state index contributed by atoms with van der Waals surface area (Å²) >= 11 is 6.65. The lowest BCUT2D eigenvalue weighted by Gasteiger charge is -2.31. The van der Waals surface area contributed by atoms with E-state index >= 15 is 0 Å². The van der Waals surface area contributed by atoms with Crippen molar-refractivity contribution in [2.75, 3.05) is 13.7 Å². The minimum Gasteiger partial charge on any atom is -0.494 e. The van der Waals surface area contributed by atoms with Crippen molar-refractivity contribution in [2.45, 2.75) is 31.7 Å². The lowest BCUT2D eigenvalue weighted by atomic mass is 9.85. The molecule has 1 aliphatic rings. The number of amidine groups is 1. The molecule has 1 N–H and O–H groups in total. The number of fused-ring (bicyclic) bond motifs is 1. The molecule has 4 nitrogen and oxygen atoms in total. The van der Waals surface area contributed by atoms with E-state index < -0.39 is 0 Å². The van der Waals surface area contributed by atoms with Gasteiger partial charge in [-0.15, -0.1) is 0 Å². The number of pyridine rings is 1. The molecule has 1 aliphatic heterocycles. The van der Waals surface area contributed by atoms with Crippen LogP contribution in [0.4, 0.5) is 0 Å². The highest BCUT2D eigenvalue weighted by atomic mass is 35.5. The van der Waals surface area contributed by atoms with E-state index in [1.54, 1.807) is 7.11 Å². The first-order valence-electron chi connectivity index (χ1n) is 11.8. The van der Waals surface area contributed by atoms with E-state index in [0.29, 0.717) is 17.3 Å². The van der Waals surface area contributed by atoms with Crippen molar-refractivity contribution in [3.05, 3.63) is 95.0 Å². The van der Waals surface area contributed by atoms with Crippen LogP contribution in [0.2, 0.25) is 5.02 Å². The van der Waals surface area contributed by atoms with Gasteiger partial charge in [0.2, 0.25) is 0 Å².